The maximum Gasteiger partial charge on any atom is 0.219 e. The highest BCUT2D eigenvalue weighted by molar-refractivity contribution is 5.75. The van der Waals surface area contributed by atoms with Gasteiger partial charge < -0.3 is 5.73 Å². The Bertz CT molecular complexity index is 98.5. The lowest BCUT2D eigenvalue weighted by Crippen LogP contribution is -2.17. The number of hydrogen-bond donors (Lipinski definition) is 1. The normalized spacial score (nSPS) is 15.9. The molecule has 0 aliphatic heterocycles. The van der Waals surface area contributed by atoms with Crippen molar-refractivity contribution in [3.05, 3.63) is 0 Å². The predicted molar refractivity (Wildman–Crippen MR) is 47.1 cm³/mol. The van der Waals surface area contributed by atoms with E-state index in [1.807, 2.05) is 0 Å². The second kappa shape index (κ2) is 6.20. The fraction of sp³-hybridized carbons (Fsp3) is 0.889. The quantitative estimate of drug-likeness (QED) is 0.622. The van der Waals surface area contributed by atoms with Crippen molar-refractivity contribution in [2.75, 3.05) is 0 Å². The molecule has 1 aliphatic carbocycles. The summed E-state index contributed by atoms with van der Waals surface area (Å²) >= 11 is 0. The lowest BCUT2D eigenvalue weighted by atomic mass is 10.2. The van der Waals surface area contributed by atoms with Gasteiger partial charge in [-0.3, -0.25) is 4.79 Å². The first kappa shape index (κ1) is 10.5. The third kappa shape index (κ3) is 7.37. The number of nitrogens with two attached hydrogens (primary N) is 1. The van der Waals surface area contributed by atoms with E-state index in [0.717, 1.165) is 0 Å². The number of rotatable bonds is 1. The standard InChI is InChI=1S/C5H10.C4H9NO/c1-2-4-5-3-1;1-3(2)4(5)6/h1-5H2;3H,1-2H3,(H2,5,6). The number of amides is 1. The molecule has 66 valence electrons. The van der Waals surface area contributed by atoms with Gasteiger partial charge in [0.1, 0.15) is 0 Å². The molecule has 2 N–H and O–H groups in total. The fourth-order valence-electron chi connectivity index (χ4n) is 0.884. The van der Waals surface area contributed by atoms with Crippen LogP contribution in [0.4, 0.5) is 0 Å². The highest BCUT2D eigenvalue weighted by atomic mass is 16.1. The molecule has 0 atom stereocenters. The fourth-order valence-corrected chi connectivity index (χ4v) is 0.884. The van der Waals surface area contributed by atoms with Gasteiger partial charge in [0.05, 0.1) is 0 Å². The van der Waals surface area contributed by atoms with Crippen LogP contribution < -0.4 is 5.73 Å². The lowest BCUT2D eigenvalue weighted by Gasteiger charge is -1.90. The van der Waals surface area contributed by atoms with E-state index in [1.165, 1.54) is 32.1 Å². The summed E-state index contributed by atoms with van der Waals surface area (Å²) in [6.45, 7) is 3.53. The smallest absolute Gasteiger partial charge is 0.219 e. The Kier molecular flexibility index (Phi) is 5.90. The average Bonchev–Trinajstić information content (AvgIpc) is 2.41. The molecule has 0 heterocycles. The first-order valence-corrected chi connectivity index (χ1v) is 4.44. The molecule has 2 nitrogen and oxygen atoms in total. The van der Waals surface area contributed by atoms with Gasteiger partial charge in [-0.15, -0.1) is 0 Å². The molecule has 2 heteroatoms. The average molecular weight is 157 g/mol. The van der Waals surface area contributed by atoms with Crippen LogP contribution in [0.15, 0.2) is 0 Å². The summed E-state index contributed by atoms with van der Waals surface area (Å²) in [7, 11) is 0. The van der Waals surface area contributed by atoms with Crippen molar-refractivity contribution in [2.45, 2.75) is 46.0 Å². The Morgan fingerprint density at radius 3 is 1.36 bits per heavy atom. The van der Waals surface area contributed by atoms with Crippen molar-refractivity contribution in [1.29, 1.82) is 0 Å². The summed E-state index contributed by atoms with van der Waals surface area (Å²) < 4.78 is 0. The third-order valence-electron chi connectivity index (χ3n) is 1.82. The lowest BCUT2D eigenvalue weighted by molar-refractivity contribution is -0.120. The Labute approximate surface area is 69.2 Å². The summed E-state index contributed by atoms with van der Waals surface area (Å²) in [6, 6.07) is 0. The Morgan fingerprint density at radius 2 is 1.27 bits per heavy atom. The van der Waals surface area contributed by atoms with Crippen molar-refractivity contribution in [3.8, 4) is 0 Å². The molecule has 1 amide bonds. The van der Waals surface area contributed by atoms with Gasteiger partial charge in [0.25, 0.3) is 0 Å². The highest BCUT2D eigenvalue weighted by Gasteiger charge is 1.96. The van der Waals surface area contributed by atoms with Crippen LogP contribution in [0.25, 0.3) is 0 Å². The van der Waals surface area contributed by atoms with Crippen LogP contribution in [-0.2, 0) is 4.79 Å². The maximum atomic E-state index is 9.92. The van der Waals surface area contributed by atoms with E-state index in [9.17, 15) is 4.79 Å². The minimum Gasteiger partial charge on any atom is -0.369 e. The van der Waals surface area contributed by atoms with E-state index in [0.29, 0.717) is 0 Å². The monoisotopic (exact) mass is 157 g/mol. The molecule has 0 spiro atoms. The summed E-state index contributed by atoms with van der Waals surface area (Å²) in [6.07, 6.45) is 7.50. The van der Waals surface area contributed by atoms with Gasteiger partial charge >= 0.3 is 0 Å². The van der Waals surface area contributed by atoms with Gasteiger partial charge in [-0.1, -0.05) is 46.0 Å². The van der Waals surface area contributed by atoms with E-state index in [1.54, 1.807) is 13.8 Å². The summed E-state index contributed by atoms with van der Waals surface area (Å²) in [4.78, 5) is 9.92. The van der Waals surface area contributed by atoms with E-state index in [-0.39, 0.29) is 11.8 Å². The SMILES string of the molecule is C1CCCC1.CC(C)C(N)=O. The molecule has 0 bridgehead atoms. The van der Waals surface area contributed by atoms with Crippen molar-refractivity contribution in [1.82, 2.24) is 0 Å². The number of hydrogen-bond acceptors (Lipinski definition) is 1. The molecular weight excluding hydrogens is 138 g/mol. The zero-order valence-corrected chi connectivity index (χ0v) is 7.60. The van der Waals surface area contributed by atoms with Crippen LogP contribution in [0.3, 0.4) is 0 Å². The van der Waals surface area contributed by atoms with Gasteiger partial charge in [0.2, 0.25) is 5.91 Å². The van der Waals surface area contributed by atoms with Crippen LogP contribution in [0.5, 0.6) is 0 Å². The molecular formula is C9H19NO. The Hall–Kier alpha value is -0.530. The van der Waals surface area contributed by atoms with Crippen LogP contribution in [0.1, 0.15) is 46.0 Å². The number of primary amides is 1. The van der Waals surface area contributed by atoms with Crippen molar-refractivity contribution >= 4 is 5.91 Å². The van der Waals surface area contributed by atoms with Crippen LogP contribution in [0.2, 0.25) is 0 Å². The van der Waals surface area contributed by atoms with Crippen molar-refractivity contribution < 1.29 is 4.79 Å². The van der Waals surface area contributed by atoms with Gasteiger partial charge in [0, 0.05) is 5.92 Å². The first-order valence-electron chi connectivity index (χ1n) is 4.44. The number of carbonyl (C=O) groups is 1. The molecule has 0 radical (unpaired) electrons. The molecule has 1 aliphatic rings. The minimum absolute atomic E-state index is 0.00926. The second-order valence-corrected chi connectivity index (χ2v) is 3.32. The van der Waals surface area contributed by atoms with E-state index in [4.69, 9.17) is 5.73 Å². The van der Waals surface area contributed by atoms with Gasteiger partial charge in [-0.25, -0.2) is 0 Å². The van der Waals surface area contributed by atoms with Crippen molar-refractivity contribution in [3.63, 3.8) is 0 Å². The molecule has 1 saturated carbocycles. The zero-order valence-electron chi connectivity index (χ0n) is 7.60. The summed E-state index contributed by atoms with van der Waals surface area (Å²) in [5.41, 5.74) is 4.80. The van der Waals surface area contributed by atoms with Crippen LogP contribution in [0, 0.1) is 5.92 Å². The maximum absolute atomic E-state index is 9.92. The largest absolute Gasteiger partial charge is 0.369 e. The second-order valence-electron chi connectivity index (χ2n) is 3.32. The first-order chi connectivity index (χ1) is 5.14. The summed E-state index contributed by atoms with van der Waals surface area (Å²) in [5, 5.41) is 0. The molecule has 0 saturated heterocycles. The molecule has 0 unspecified atom stereocenters. The topological polar surface area (TPSA) is 43.1 Å². The predicted octanol–water partition coefficient (Wildman–Crippen LogP) is 2.08. The molecule has 1 fully saturated rings. The summed E-state index contributed by atoms with van der Waals surface area (Å²) in [5.74, 6) is -0.250. The van der Waals surface area contributed by atoms with E-state index >= 15 is 0 Å². The van der Waals surface area contributed by atoms with Gasteiger partial charge in [0.15, 0.2) is 0 Å². The van der Waals surface area contributed by atoms with E-state index < -0.39 is 0 Å². The third-order valence-corrected chi connectivity index (χ3v) is 1.82. The molecule has 0 aromatic heterocycles. The van der Waals surface area contributed by atoms with E-state index in [2.05, 4.69) is 0 Å². The van der Waals surface area contributed by atoms with Gasteiger partial charge in [-0.2, -0.15) is 0 Å². The van der Waals surface area contributed by atoms with Gasteiger partial charge in [-0.05, 0) is 0 Å². The van der Waals surface area contributed by atoms with Crippen LogP contribution >= 0.6 is 0 Å². The minimum atomic E-state index is -0.241. The molecule has 0 aromatic carbocycles. The Morgan fingerprint density at radius 1 is 1.09 bits per heavy atom. The number of carbonyl (C=O) groups excluding carboxylic acids is 1. The van der Waals surface area contributed by atoms with Crippen LogP contribution in [-0.4, -0.2) is 5.91 Å². The highest BCUT2D eigenvalue weighted by Crippen LogP contribution is 2.15. The Balaban J connectivity index is 0.000000183. The molecule has 11 heavy (non-hydrogen) atoms. The molecule has 1 rings (SSSR count). The molecule has 0 aromatic rings. The zero-order chi connectivity index (χ0) is 8.69. The van der Waals surface area contributed by atoms with Crippen molar-refractivity contribution in [2.24, 2.45) is 11.7 Å².